The van der Waals surface area contributed by atoms with Gasteiger partial charge in [0.2, 0.25) is 5.91 Å². The third-order valence-electron chi connectivity index (χ3n) is 5.56. The fourth-order valence-corrected chi connectivity index (χ4v) is 3.96. The monoisotopic (exact) mass is 405 g/mol. The van der Waals surface area contributed by atoms with Crippen LogP contribution in [0.5, 0.6) is 5.75 Å². The Kier molecular flexibility index (Phi) is 7.71. The molecule has 29 heavy (non-hydrogen) atoms. The molecule has 0 unspecified atom stereocenters. The standard InChI is InChI=1S/C21H31N3O5/c1-2-17-14-23(13-16-3-5-18(6-4-16)28-12-10-25)8-7-19(17)22-20(26)15-24-9-11-29-21(24)27/h3-6,17,19,25H,2,7-15H2,1H3,(H,22,26)/t17-,19+/m1/s1. The Morgan fingerprint density at radius 2 is 2.10 bits per heavy atom. The van der Waals surface area contributed by atoms with E-state index in [-0.39, 0.29) is 25.1 Å². The number of benzene rings is 1. The minimum atomic E-state index is -0.408. The SMILES string of the molecule is CC[C@@H]1CN(Cc2ccc(OCCO)cc2)CC[C@@H]1NC(=O)CN1CCOC1=O. The Balaban J connectivity index is 1.47. The third kappa shape index (κ3) is 6.08. The van der Waals surface area contributed by atoms with Gasteiger partial charge in [0.15, 0.2) is 0 Å². The molecule has 0 aromatic heterocycles. The van der Waals surface area contributed by atoms with Gasteiger partial charge in [0, 0.05) is 25.7 Å². The molecule has 8 heteroatoms. The highest BCUT2D eigenvalue weighted by atomic mass is 16.6. The first-order chi connectivity index (χ1) is 14.1. The highest BCUT2D eigenvalue weighted by molar-refractivity contribution is 5.83. The average molecular weight is 405 g/mol. The number of rotatable bonds is 9. The maximum absolute atomic E-state index is 12.4. The van der Waals surface area contributed by atoms with Crippen LogP contribution in [0.25, 0.3) is 0 Å². The normalized spacial score (nSPS) is 22.4. The molecule has 2 heterocycles. The second-order valence-electron chi connectivity index (χ2n) is 7.62. The number of hydrogen-bond acceptors (Lipinski definition) is 6. The largest absolute Gasteiger partial charge is 0.491 e. The smallest absolute Gasteiger partial charge is 0.410 e. The topological polar surface area (TPSA) is 91.3 Å². The number of cyclic esters (lactones) is 1. The van der Waals surface area contributed by atoms with E-state index in [0.717, 1.165) is 38.2 Å². The van der Waals surface area contributed by atoms with E-state index in [0.29, 0.717) is 25.7 Å². The molecule has 0 aliphatic carbocycles. The first-order valence-corrected chi connectivity index (χ1v) is 10.3. The summed E-state index contributed by atoms with van der Waals surface area (Å²) < 4.78 is 10.3. The molecule has 2 fully saturated rings. The number of aliphatic hydroxyl groups excluding tert-OH is 1. The maximum atomic E-state index is 12.4. The van der Waals surface area contributed by atoms with Crippen LogP contribution >= 0.6 is 0 Å². The van der Waals surface area contributed by atoms with E-state index < -0.39 is 6.09 Å². The third-order valence-corrected chi connectivity index (χ3v) is 5.56. The lowest BCUT2D eigenvalue weighted by Crippen LogP contribution is -2.52. The van der Waals surface area contributed by atoms with Gasteiger partial charge in [-0.2, -0.15) is 0 Å². The van der Waals surface area contributed by atoms with E-state index in [4.69, 9.17) is 14.6 Å². The number of amides is 2. The number of aliphatic hydroxyl groups is 1. The van der Waals surface area contributed by atoms with E-state index in [1.165, 1.54) is 10.5 Å². The summed E-state index contributed by atoms with van der Waals surface area (Å²) in [6, 6.07) is 8.10. The van der Waals surface area contributed by atoms with Crippen LogP contribution in [0.2, 0.25) is 0 Å². The summed E-state index contributed by atoms with van der Waals surface area (Å²) in [6.45, 7) is 6.06. The molecule has 2 atom stereocenters. The number of carbonyl (C=O) groups is 2. The lowest BCUT2D eigenvalue weighted by molar-refractivity contribution is -0.123. The molecule has 2 N–H and O–H groups in total. The molecule has 3 rings (SSSR count). The lowest BCUT2D eigenvalue weighted by Gasteiger charge is -2.38. The van der Waals surface area contributed by atoms with E-state index in [2.05, 4.69) is 29.3 Å². The molecular formula is C21H31N3O5. The summed E-state index contributed by atoms with van der Waals surface area (Å²) in [5.41, 5.74) is 1.21. The van der Waals surface area contributed by atoms with Crippen LogP contribution in [0.1, 0.15) is 25.3 Å². The summed E-state index contributed by atoms with van der Waals surface area (Å²) in [4.78, 5) is 27.7. The van der Waals surface area contributed by atoms with Gasteiger partial charge in [0.05, 0.1) is 13.2 Å². The molecule has 1 aromatic rings. The predicted octanol–water partition coefficient (Wildman–Crippen LogP) is 1.23. The molecule has 0 radical (unpaired) electrons. The van der Waals surface area contributed by atoms with Gasteiger partial charge in [0.1, 0.15) is 25.5 Å². The molecule has 2 aliphatic rings. The Hall–Kier alpha value is -2.32. The van der Waals surface area contributed by atoms with Gasteiger partial charge in [-0.3, -0.25) is 14.6 Å². The van der Waals surface area contributed by atoms with Crippen molar-refractivity contribution in [2.75, 3.05) is 46.0 Å². The summed E-state index contributed by atoms with van der Waals surface area (Å²) in [6.07, 6.45) is 1.47. The van der Waals surface area contributed by atoms with Crippen molar-refractivity contribution < 1.29 is 24.2 Å². The summed E-state index contributed by atoms with van der Waals surface area (Å²) in [5.74, 6) is 1.03. The van der Waals surface area contributed by atoms with Crippen LogP contribution in [-0.2, 0) is 16.1 Å². The van der Waals surface area contributed by atoms with Crippen LogP contribution < -0.4 is 10.1 Å². The molecule has 2 saturated heterocycles. The van der Waals surface area contributed by atoms with Crippen molar-refractivity contribution in [2.45, 2.75) is 32.4 Å². The molecule has 2 amide bonds. The van der Waals surface area contributed by atoms with Gasteiger partial charge in [-0.1, -0.05) is 25.5 Å². The fourth-order valence-electron chi connectivity index (χ4n) is 3.96. The number of likely N-dealkylation sites (tertiary alicyclic amines) is 1. The number of nitrogens with one attached hydrogen (secondary N) is 1. The van der Waals surface area contributed by atoms with Crippen LogP contribution in [0.3, 0.4) is 0 Å². The molecule has 1 aromatic carbocycles. The Morgan fingerprint density at radius 3 is 2.76 bits per heavy atom. The first-order valence-electron chi connectivity index (χ1n) is 10.3. The zero-order chi connectivity index (χ0) is 20.6. The van der Waals surface area contributed by atoms with Crippen molar-refractivity contribution in [1.82, 2.24) is 15.1 Å². The Labute approximate surface area is 171 Å². The quantitative estimate of drug-likeness (QED) is 0.642. The summed E-state index contributed by atoms with van der Waals surface area (Å²) >= 11 is 0. The van der Waals surface area contributed by atoms with Crippen LogP contribution in [0.15, 0.2) is 24.3 Å². The molecule has 0 bridgehead atoms. The van der Waals surface area contributed by atoms with Crippen LogP contribution in [0.4, 0.5) is 4.79 Å². The molecular weight excluding hydrogens is 374 g/mol. The molecule has 2 aliphatic heterocycles. The van der Waals surface area contributed by atoms with E-state index in [1.54, 1.807) is 0 Å². The number of nitrogens with zero attached hydrogens (tertiary/aromatic N) is 2. The van der Waals surface area contributed by atoms with Gasteiger partial charge in [0.25, 0.3) is 0 Å². The van der Waals surface area contributed by atoms with Gasteiger partial charge in [-0.15, -0.1) is 0 Å². The Morgan fingerprint density at radius 1 is 1.31 bits per heavy atom. The number of piperidine rings is 1. The fraction of sp³-hybridized carbons (Fsp3) is 0.619. The van der Waals surface area contributed by atoms with Crippen molar-refractivity contribution >= 4 is 12.0 Å². The number of carbonyl (C=O) groups excluding carboxylic acids is 2. The van der Waals surface area contributed by atoms with Crippen molar-refractivity contribution in [1.29, 1.82) is 0 Å². The van der Waals surface area contributed by atoms with E-state index in [1.807, 2.05) is 12.1 Å². The van der Waals surface area contributed by atoms with Crippen molar-refractivity contribution in [3.05, 3.63) is 29.8 Å². The molecule has 8 nitrogen and oxygen atoms in total. The molecule has 0 spiro atoms. The van der Waals surface area contributed by atoms with Gasteiger partial charge < -0.3 is 19.9 Å². The van der Waals surface area contributed by atoms with Crippen LogP contribution in [0, 0.1) is 5.92 Å². The van der Waals surface area contributed by atoms with Crippen molar-refractivity contribution in [3.63, 3.8) is 0 Å². The van der Waals surface area contributed by atoms with Gasteiger partial charge in [-0.25, -0.2) is 4.79 Å². The Bertz CT molecular complexity index is 681. The number of ether oxygens (including phenoxy) is 2. The van der Waals surface area contributed by atoms with E-state index in [9.17, 15) is 9.59 Å². The highest BCUT2D eigenvalue weighted by Crippen LogP contribution is 2.23. The first kappa shape index (κ1) is 21.4. The van der Waals surface area contributed by atoms with Crippen molar-refractivity contribution in [3.8, 4) is 5.75 Å². The highest BCUT2D eigenvalue weighted by Gasteiger charge is 2.31. The minimum Gasteiger partial charge on any atom is -0.491 e. The second-order valence-corrected chi connectivity index (χ2v) is 7.62. The zero-order valence-electron chi connectivity index (χ0n) is 17.0. The second kappa shape index (κ2) is 10.5. The lowest BCUT2D eigenvalue weighted by atomic mass is 9.89. The van der Waals surface area contributed by atoms with Gasteiger partial charge in [-0.05, 0) is 30.0 Å². The summed E-state index contributed by atoms with van der Waals surface area (Å²) in [7, 11) is 0. The summed E-state index contributed by atoms with van der Waals surface area (Å²) in [5, 5.41) is 12.0. The maximum Gasteiger partial charge on any atom is 0.410 e. The van der Waals surface area contributed by atoms with Crippen molar-refractivity contribution in [2.24, 2.45) is 5.92 Å². The van der Waals surface area contributed by atoms with Gasteiger partial charge >= 0.3 is 6.09 Å². The zero-order valence-corrected chi connectivity index (χ0v) is 17.0. The molecule has 160 valence electrons. The van der Waals surface area contributed by atoms with Crippen LogP contribution in [-0.4, -0.2) is 78.9 Å². The van der Waals surface area contributed by atoms with E-state index >= 15 is 0 Å². The predicted molar refractivity (Wildman–Crippen MR) is 108 cm³/mol. The average Bonchev–Trinajstić information content (AvgIpc) is 3.13. The minimum absolute atomic E-state index is 0.00770. The molecule has 0 saturated carbocycles. The number of hydrogen-bond donors (Lipinski definition) is 2.